The first-order valence-electron chi connectivity index (χ1n) is 6.06. The normalized spacial score (nSPS) is 10.6. The Kier molecular flexibility index (Phi) is 4.73. The van der Waals surface area contributed by atoms with Crippen LogP contribution in [0.3, 0.4) is 0 Å². The van der Waals surface area contributed by atoms with Gasteiger partial charge in [-0.15, -0.1) is 11.3 Å². The van der Waals surface area contributed by atoms with E-state index in [9.17, 15) is 0 Å². The van der Waals surface area contributed by atoms with Gasteiger partial charge in [0.1, 0.15) is 5.75 Å². The quantitative estimate of drug-likeness (QED) is 0.869. The van der Waals surface area contributed by atoms with E-state index in [1.165, 1.54) is 4.88 Å². The number of hydrogen-bond donors (Lipinski definition) is 1. The van der Waals surface area contributed by atoms with Crippen molar-refractivity contribution in [3.63, 3.8) is 0 Å². The maximum Gasteiger partial charge on any atom is 0.142 e. The third-order valence-electron chi connectivity index (χ3n) is 2.60. The van der Waals surface area contributed by atoms with Crippen molar-refractivity contribution < 1.29 is 4.74 Å². The largest absolute Gasteiger partial charge is 0.491 e. The number of ether oxygens (including phenoxy) is 1. The molecule has 3 nitrogen and oxygen atoms in total. The number of hydrogen-bond acceptors (Lipinski definition) is 4. The van der Waals surface area contributed by atoms with Gasteiger partial charge in [-0.3, -0.25) is 4.98 Å². The van der Waals surface area contributed by atoms with Gasteiger partial charge in [-0.2, -0.15) is 0 Å². The second kappa shape index (κ2) is 6.52. The third-order valence-corrected chi connectivity index (χ3v) is 3.54. The lowest BCUT2D eigenvalue weighted by Crippen LogP contribution is -2.11. The highest BCUT2D eigenvalue weighted by molar-refractivity contribution is 7.09. The molecule has 0 bridgehead atoms. The molecule has 2 rings (SSSR count). The zero-order valence-electron chi connectivity index (χ0n) is 10.8. The van der Waals surface area contributed by atoms with Crippen LogP contribution in [-0.2, 0) is 13.0 Å². The first-order valence-corrected chi connectivity index (χ1v) is 6.94. The van der Waals surface area contributed by atoms with Crippen molar-refractivity contribution >= 4 is 11.3 Å². The van der Waals surface area contributed by atoms with E-state index >= 15 is 0 Å². The van der Waals surface area contributed by atoms with Gasteiger partial charge in [-0.05, 0) is 37.6 Å². The molecule has 0 aliphatic rings. The maximum absolute atomic E-state index is 5.82. The monoisotopic (exact) mass is 262 g/mol. The summed E-state index contributed by atoms with van der Waals surface area (Å²) in [6.07, 6.45) is 0.949. The Morgan fingerprint density at radius 3 is 2.94 bits per heavy atom. The van der Waals surface area contributed by atoms with Gasteiger partial charge in [0.05, 0.1) is 12.3 Å². The molecule has 4 heteroatoms. The van der Waals surface area contributed by atoms with Crippen molar-refractivity contribution in [2.75, 3.05) is 13.7 Å². The molecule has 18 heavy (non-hydrogen) atoms. The van der Waals surface area contributed by atoms with Gasteiger partial charge in [0.15, 0.2) is 0 Å². The Balaban J connectivity index is 1.95. The minimum absolute atomic E-state index is 0.696. The van der Waals surface area contributed by atoms with E-state index < -0.39 is 0 Å². The number of nitrogens with zero attached hydrogens (tertiary/aromatic N) is 1. The van der Waals surface area contributed by atoms with Gasteiger partial charge in [-0.25, -0.2) is 0 Å². The molecule has 0 aromatic carbocycles. The van der Waals surface area contributed by atoms with Crippen molar-refractivity contribution in [3.05, 3.63) is 45.9 Å². The molecular weight excluding hydrogens is 244 g/mol. The molecule has 0 unspecified atom stereocenters. The summed E-state index contributed by atoms with van der Waals surface area (Å²) in [7, 11) is 1.92. The van der Waals surface area contributed by atoms with Crippen LogP contribution in [0.4, 0.5) is 0 Å². The average Bonchev–Trinajstić information content (AvgIpc) is 2.85. The second-order valence-corrected chi connectivity index (χ2v) is 5.14. The summed E-state index contributed by atoms with van der Waals surface area (Å²) in [5.41, 5.74) is 1.99. The van der Waals surface area contributed by atoms with Crippen molar-refractivity contribution in [1.82, 2.24) is 10.3 Å². The molecule has 0 spiro atoms. The molecule has 0 atom stereocenters. The molecule has 0 aliphatic carbocycles. The van der Waals surface area contributed by atoms with Crippen molar-refractivity contribution in [3.8, 4) is 5.75 Å². The van der Waals surface area contributed by atoms with Crippen molar-refractivity contribution in [1.29, 1.82) is 0 Å². The van der Waals surface area contributed by atoms with Crippen LogP contribution in [0.5, 0.6) is 5.75 Å². The zero-order chi connectivity index (χ0) is 12.8. The lowest BCUT2D eigenvalue weighted by Gasteiger charge is -2.10. The average molecular weight is 262 g/mol. The fourth-order valence-corrected chi connectivity index (χ4v) is 2.43. The number of thiophene rings is 1. The summed E-state index contributed by atoms with van der Waals surface area (Å²) >= 11 is 1.77. The van der Waals surface area contributed by atoms with Gasteiger partial charge in [0.2, 0.25) is 0 Å². The van der Waals surface area contributed by atoms with Crippen LogP contribution < -0.4 is 10.1 Å². The first kappa shape index (κ1) is 13.1. The number of pyridine rings is 1. The van der Waals surface area contributed by atoms with E-state index in [1.54, 1.807) is 11.3 Å². The number of rotatable bonds is 6. The zero-order valence-corrected chi connectivity index (χ0v) is 11.6. The molecule has 0 aliphatic heterocycles. The van der Waals surface area contributed by atoms with E-state index in [-0.39, 0.29) is 0 Å². The molecule has 0 fully saturated rings. The molecule has 2 aromatic heterocycles. The predicted molar refractivity (Wildman–Crippen MR) is 75.3 cm³/mol. The van der Waals surface area contributed by atoms with Crippen LogP contribution >= 0.6 is 11.3 Å². The summed E-state index contributed by atoms with van der Waals surface area (Å²) in [6.45, 7) is 3.42. The lowest BCUT2D eigenvalue weighted by molar-refractivity contribution is 0.317. The fraction of sp³-hybridized carbons (Fsp3) is 0.357. The molecule has 0 saturated carbocycles. The SMILES string of the molecule is CNCc1nc(C)ccc1OCCc1cccs1. The van der Waals surface area contributed by atoms with Crippen LogP contribution in [0.2, 0.25) is 0 Å². The van der Waals surface area contributed by atoms with E-state index in [2.05, 4.69) is 27.8 Å². The topological polar surface area (TPSA) is 34.2 Å². The Labute approximate surface area is 112 Å². The van der Waals surface area contributed by atoms with E-state index in [4.69, 9.17) is 4.74 Å². The standard InChI is InChI=1S/C14H18N2OS/c1-11-5-6-14(13(16-11)10-15-2)17-8-7-12-4-3-9-18-12/h3-6,9,15H,7-8,10H2,1-2H3. The Morgan fingerprint density at radius 2 is 2.22 bits per heavy atom. The summed E-state index contributed by atoms with van der Waals surface area (Å²) in [6, 6.07) is 8.19. The van der Waals surface area contributed by atoms with Gasteiger partial charge in [-0.1, -0.05) is 6.07 Å². The summed E-state index contributed by atoms with van der Waals surface area (Å²) in [5.74, 6) is 0.881. The minimum atomic E-state index is 0.696. The van der Waals surface area contributed by atoms with E-state index in [0.29, 0.717) is 6.61 Å². The molecule has 96 valence electrons. The predicted octanol–water partition coefficient (Wildman–Crippen LogP) is 2.79. The Morgan fingerprint density at radius 1 is 1.33 bits per heavy atom. The molecule has 0 amide bonds. The van der Waals surface area contributed by atoms with Crippen molar-refractivity contribution in [2.45, 2.75) is 19.9 Å². The third kappa shape index (κ3) is 3.55. The molecular formula is C14H18N2OS. The van der Waals surface area contributed by atoms with Crippen LogP contribution in [0, 0.1) is 6.92 Å². The number of aryl methyl sites for hydroxylation is 1. The molecule has 0 saturated heterocycles. The smallest absolute Gasteiger partial charge is 0.142 e. The highest BCUT2D eigenvalue weighted by atomic mass is 32.1. The van der Waals surface area contributed by atoms with E-state index in [0.717, 1.165) is 30.1 Å². The molecule has 1 N–H and O–H groups in total. The number of nitrogens with one attached hydrogen (secondary N) is 1. The van der Waals surface area contributed by atoms with Gasteiger partial charge in [0, 0.05) is 23.5 Å². The highest BCUT2D eigenvalue weighted by Crippen LogP contribution is 2.17. The van der Waals surface area contributed by atoms with Crippen LogP contribution in [0.1, 0.15) is 16.3 Å². The van der Waals surface area contributed by atoms with Gasteiger partial charge >= 0.3 is 0 Å². The summed E-state index contributed by atoms with van der Waals surface area (Å²) < 4.78 is 5.82. The van der Waals surface area contributed by atoms with Gasteiger partial charge in [0.25, 0.3) is 0 Å². The lowest BCUT2D eigenvalue weighted by atomic mass is 10.3. The van der Waals surface area contributed by atoms with Gasteiger partial charge < -0.3 is 10.1 Å². The van der Waals surface area contributed by atoms with Crippen molar-refractivity contribution in [2.24, 2.45) is 0 Å². The maximum atomic E-state index is 5.82. The fourth-order valence-electron chi connectivity index (χ4n) is 1.74. The van der Waals surface area contributed by atoms with Crippen LogP contribution in [-0.4, -0.2) is 18.6 Å². The second-order valence-electron chi connectivity index (χ2n) is 4.11. The molecule has 2 heterocycles. The molecule has 2 aromatic rings. The van der Waals surface area contributed by atoms with Crippen LogP contribution in [0.25, 0.3) is 0 Å². The summed E-state index contributed by atoms with van der Waals surface area (Å²) in [4.78, 5) is 5.85. The summed E-state index contributed by atoms with van der Waals surface area (Å²) in [5, 5.41) is 5.21. The minimum Gasteiger partial charge on any atom is -0.491 e. The first-order chi connectivity index (χ1) is 8.79. The van der Waals surface area contributed by atoms with Crippen LogP contribution in [0.15, 0.2) is 29.6 Å². The highest BCUT2D eigenvalue weighted by Gasteiger charge is 2.05. The number of aromatic nitrogens is 1. The molecule has 0 radical (unpaired) electrons. The Bertz CT molecular complexity index is 483. The van der Waals surface area contributed by atoms with E-state index in [1.807, 2.05) is 26.1 Å². The Hall–Kier alpha value is -1.39.